The van der Waals surface area contributed by atoms with Crippen molar-refractivity contribution >= 4 is 13.3 Å². The second-order valence-electron chi connectivity index (χ2n) is 5.69. The maximum atomic E-state index is 9.86. The van der Waals surface area contributed by atoms with Crippen molar-refractivity contribution in [3.8, 4) is 0 Å². The van der Waals surface area contributed by atoms with E-state index in [4.69, 9.17) is 4.74 Å². The van der Waals surface area contributed by atoms with Gasteiger partial charge in [0.25, 0.3) is 5.95 Å². The fraction of sp³-hybridized carbons (Fsp3) is 0.222. The molecule has 0 bridgehead atoms. The van der Waals surface area contributed by atoms with Gasteiger partial charge in [0.2, 0.25) is 0 Å². The highest BCUT2D eigenvalue weighted by Crippen LogP contribution is 2.29. The average molecular weight is 298 g/mol. The van der Waals surface area contributed by atoms with Crippen LogP contribution in [0, 0.1) is 0 Å². The molecule has 1 N–H and O–H groups in total. The van der Waals surface area contributed by atoms with Gasteiger partial charge in [0.05, 0.1) is 15.2 Å². The summed E-state index contributed by atoms with van der Waals surface area (Å²) in [5.41, 5.74) is 1.36. The van der Waals surface area contributed by atoms with Gasteiger partial charge < -0.3 is 9.84 Å². The van der Waals surface area contributed by atoms with Gasteiger partial charge in [-0.2, -0.15) is 0 Å². The molecule has 0 aliphatic heterocycles. The van der Waals surface area contributed by atoms with Crippen molar-refractivity contribution in [2.45, 2.75) is 18.6 Å². The van der Waals surface area contributed by atoms with Crippen LogP contribution < -0.4 is 5.19 Å². The van der Waals surface area contributed by atoms with Gasteiger partial charge in [0.15, 0.2) is 0 Å². The molecule has 0 fully saturated rings. The van der Waals surface area contributed by atoms with Crippen molar-refractivity contribution in [1.82, 2.24) is 0 Å². The zero-order valence-corrected chi connectivity index (χ0v) is 13.8. The molecule has 0 aromatic heterocycles. The lowest BCUT2D eigenvalue weighted by Gasteiger charge is -2.31. The Morgan fingerprint density at radius 3 is 2.05 bits per heavy atom. The Morgan fingerprint density at radius 2 is 1.52 bits per heavy atom. The summed E-state index contributed by atoms with van der Waals surface area (Å²) in [7, 11) is -0.354. The lowest BCUT2D eigenvalue weighted by atomic mass is 10.1. The number of hydrogen-bond acceptors (Lipinski definition) is 2. The number of rotatable bonds is 5. The van der Waals surface area contributed by atoms with Crippen LogP contribution >= 0.6 is 0 Å². The molecule has 0 spiro atoms. The molecule has 1 unspecified atom stereocenters. The molecule has 0 aliphatic rings. The molecule has 2 aromatic rings. The molecule has 3 heteroatoms. The monoisotopic (exact) mass is 298 g/mol. The molecular formula is C18H22O2Si. The SMILES string of the molecule is CO/C(O)=C\C(c1ccccc1)[Si](C)(C)c1ccccc1. The van der Waals surface area contributed by atoms with Gasteiger partial charge in [-0.1, -0.05) is 78.9 Å². The van der Waals surface area contributed by atoms with E-state index in [0.717, 1.165) is 0 Å². The van der Waals surface area contributed by atoms with Crippen LogP contribution in [0.15, 0.2) is 72.7 Å². The molecule has 0 aliphatic carbocycles. The highest BCUT2D eigenvalue weighted by Gasteiger charge is 2.34. The minimum Gasteiger partial charge on any atom is -0.481 e. The Kier molecular flexibility index (Phi) is 4.86. The normalized spacial score (nSPS) is 13.8. The molecule has 2 aromatic carbocycles. The van der Waals surface area contributed by atoms with Gasteiger partial charge in [-0.05, 0) is 5.56 Å². The zero-order valence-electron chi connectivity index (χ0n) is 12.8. The number of aliphatic hydroxyl groups is 1. The van der Waals surface area contributed by atoms with E-state index >= 15 is 0 Å². The molecule has 21 heavy (non-hydrogen) atoms. The molecule has 0 saturated carbocycles. The summed E-state index contributed by atoms with van der Waals surface area (Å²) in [5, 5.41) is 11.2. The number of aliphatic hydroxyl groups excluding tert-OH is 1. The van der Waals surface area contributed by atoms with Crippen molar-refractivity contribution in [2.75, 3.05) is 7.11 Å². The number of benzene rings is 2. The van der Waals surface area contributed by atoms with Crippen molar-refractivity contribution in [1.29, 1.82) is 0 Å². The first kappa shape index (κ1) is 15.4. The topological polar surface area (TPSA) is 29.5 Å². The van der Waals surface area contributed by atoms with Crippen LogP contribution in [0.4, 0.5) is 0 Å². The lowest BCUT2D eigenvalue weighted by molar-refractivity contribution is 0.134. The second-order valence-corrected chi connectivity index (χ2v) is 10.3. The molecule has 0 radical (unpaired) electrons. The maximum absolute atomic E-state index is 9.86. The Bertz CT molecular complexity index is 591. The third-order valence-corrected chi connectivity index (χ3v) is 7.85. The molecule has 2 nitrogen and oxygen atoms in total. The van der Waals surface area contributed by atoms with Gasteiger partial charge in [0.1, 0.15) is 0 Å². The molecule has 0 amide bonds. The number of ether oxygens (including phenoxy) is 1. The summed E-state index contributed by atoms with van der Waals surface area (Å²) in [6.07, 6.45) is 1.84. The molecular weight excluding hydrogens is 276 g/mol. The summed E-state index contributed by atoms with van der Waals surface area (Å²) in [4.78, 5) is 0. The van der Waals surface area contributed by atoms with E-state index < -0.39 is 8.07 Å². The van der Waals surface area contributed by atoms with Crippen LogP contribution in [0.3, 0.4) is 0 Å². The summed E-state index contributed by atoms with van der Waals surface area (Å²) in [6, 6.07) is 20.9. The molecule has 110 valence electrons. The fourth-order valence-electron chi connectivity index (χ4n) is 2.64. The van der Waals surface area contributed by atoms with Crippen LogP contribution in [-0.2, 0) is 4.74 Å². The van der Waals surface area contributed by atoms with E-state index in [9.17, 15) is 5.11 Å². The molecule has 0 saturated heterocycles. The van der Waals surface area contributed by atoms with Crippen LogP contribution in [0.5, 0.6) is 0 Å². The molecule has 0 heterocycles. The predicted molar refractivity (Wildman–Crippen MR) is 90.5 cm³/mol. The number of hydrogen-bond donors (Lipinski definition) is 1. The van der Waals surface area contributed by atoms with Crippen LogP contribution in [-0.4, -0.2) is 20.3 Å². The highest BCUT2D eigenvalue weighted by molar-refractivity contribution is 6.91. The summed E-state index contributed by atoms with van der Waals surface area (Å²) >= 11 is 0. The van der Waals surface area contributed by atoms with Crippen molar-refractivity contribution in [2.24, 2.45) is 0 Å². The largest absolute Gasteiger partial charge is 0.481 e. The third kappa shape index (κ3) is 3.55. The third-order valence-electron chi connectivity index (χ3n) is 3.97. The molecule has 2 rings (SSSR count). The minimum absolute atomic E-state index is 0.0136. The van der Waals surface area contributed by atoms with E-state index in [1.807, 2.05) is 30.3 Å². The fourth-order valence-corrected chi connectivity index (χ4v) is 5.64. The first-order valence-electron chi connectivity index (χ1n) is 7.11. The Hall–Kier alpha value is -2.00. The van der Waals surface area contributed by atoms with E-state index in [0.29, 0.717) is 0 Å². The smallest absolute Gasteiger partial charge is 0.272 e. The van der Waals surface area contributed by atoms with E-state index in [1.54, 1.807) is 0 Å². The zero-order chi connectivity index (χ0) is 15.3. The number of allylic oxidation sites excluding steroid dienone is 1. The predicted octanol–water partition coefficient (Wildman–Crippen LogP) is 3.97. The Morgan fingerprint density at radius 1 is 1.00 bits per heavy atom. The van der Waals surface area contributed by atoms with Gasteiger partial charge in [-0.15, -0.1) is 0 Å². The van der Waals surface area contributed by atoms with Gasteiger partial charge in [-0.3, -0.25) is 0 Å². The first-order chi connectivity index (χ1) is 10.1. The standard InChI is InChI=1S/C18H22O2Si/c1-20-18(19)14-17(15-10-6-4-7-11-15)21(2,3)16-12-8-5-9-13-16/h4-14,17,19H,1-3H3/b18-14-. The van der Waals surface area contributed by atoms with E-state index in [2.05, 4.69) is 49.5 Å². The van der Waals surface area contributed by atoms with Gasteiger partial charge in [0, 0.05) is 11.6 Å². The minimum atomic E-state index is -1.85. The summed E-state index contributed by atoms with van der Waals surface area (Å²) in [6.45, 7) is 4.64. The van der Waals surface area contributed by atoms with Crippen molar-refractivity contribution in [3.63, 3.8) is 0 Å². The van der Waals surface area contributed by atoms with Crippen molar-refractivity contribution in [3.05, 3.63) is 78.2 Å². The van der Waals surface area contributed by atoms with Crippen LogP contribution in [0.25, 0.3) is 0 Å². The highest BCUT2D eigenvalue weighted by atomic mass is 28.3. The Balaban J connectivity index is 2.49. The van der Waals surface area contributed by atoms with Gasteiger partial charge in [-0.25, -0.2) is 0 Å². The molecule has 1 atom stereocenters. The first-order valence-corrected chi connectivity index (χ1v) is 10.2. The Labute approximate surface area is 127 Å². The van der Waals surface area contributed by atoms with Crippen LogP contribution in [0.2, 0.25) is 13.1 Å². The number of methoxy groups -OCH3 is 1. The second kappa shape index (κ2) is 6.63. The quantitative estimate of drug-likeness (QED) is 0.668. The summed E-state index contributed by atoms with van der Waals surface area (Å²) in [5.74, 6) is -0.0136. The van der Waals surface area contributed by atoms with Gasteiger partial charge >= 0.3 is 0 Å². The average Bonchev–Trinajstić information content (AvgIpc) is 2.53. The van der Waals surface area contributed by atoms with Crippen molar-refractivity contribution < 1.29 is 9.84 Å². The summed E-state index contributed by atoms with van der Waals surface area (Å²) < 4.78 is 4.97. The lowest BCUT2D eigenvalue weighted by Crippen LogP contribution is -2.47. The van der Waals surface area contributed by atoms with Crippen LogP contribution in [0.1, 0.15) is 11.1 Å². The van der Waals surface area contributed by atoms with E-state index in [-0.39, 0.29) is 11.5 Å². The maximum Gasteiger partial charge on any atom is 0.272 e. The van der Waals surface area contributed by atoms with E-state index in [1.165, 1.54) is 17.9 Å².